The summed E-state index contributed by atoms with van der Waals surface area (Å²) < 4.78 is 5.24. The highest BCUT2D eigenvalue weighted by molar-refractivity contribution is 6.29. The smallest absolute Gasteiger partial charge is 0.256 e. The van der Waals surface area contributed by atoms with Crippen molar-refractivity contribution in [2.24, 2.45) is 0 Å². The maximum atomic E-state index is 13.2. The first-order valence-corrected chi connectivity index (χ1v) is 11.2. The van der Waals surface area contributed by atoms with Gasteiger partial charge >= 0.3 is 0 Å². The molecule has 1 aliphatic rings. The Balaban J connectivity index is 1.50. The van der Waals surface area contributed by atoms with Gasteiger partial charge in [-0.25, -0.2) is 0 Å². The number of carbonyl (C=O) groups is 1. The number of rotatable bonds is 7. The van der Waals surface area contributed by atoms with Crippen molar-refractivity contribution in [1.82, 2.24) is 4.90 Å². The largest absolute Gasteiger partial charge is 0.497 e. The van der Waals surface area contributed by atoms with Gasteiger partial charge in [0.1, 0.15) is 5.75 Å². The summed E-state index contributed by atoms with van der Waals surface area (Å²) in [4.78, 5) is 15.7. The summed E-state index contributed by atoms with van der Waals surface area (Å²) in [6.45, 7) is 3.32. The van der Waals surface area contributed by atoms with Crippen LogP contribution in [0.4, 0.5) is 5.69 Å². The fraction of sp³-hybridized carbons (Fsp3) is 0.250. The van der Waals surface area contributed by atoms with Crippen molar-refractivity contribution >= 4 is 23.2 Å². The van der Waals surface area contributed by atoms with Gasteiger partial charge in [0.05, 0.1) is 7.11 Å². The van der Waals surface area contributed by atoms with Crippen LogP contribution in [0.2, 0.25) is 0 Å². The van der Waals surface area contributed by atoms with Gasteiger partial charge in [0.15, 0.2) is 0 Å². The molecular weight excluding hydrogens is 396 g/mol. The monoisotopic (exact) mass is 426 g/mol. The molecule has 1 heterocycles. The maximum Gasteiger partial charge on any atom is 0.256 e. The van der Waals surface area contributed by atoms with Gasteiger partial charge in [0, 0.05) is 17.8 Å². The Bertz CT molecular complexity index is 1040. The summed E-state index contributed by atoms with van der Waals surface area (Å²) in [6.07, 6.45) is 5.83. The topological polar surface area (TPSA) is 41.6 Å². The lowest BCUT2D eigenvalue weighted by molar-refractivity contribution is -0.111. The Hall–Kier alpha value is -3.37. The first-order valence-electron chi connectivity index (χ1n) is 11.2. The van der Waals surface area contributed by atoms with Gasteiger partial charge in [-0.05, 0) is 73.0 Å². The third-order valence-corrected chi connectivity index (χ3v) is 5.82. The highest BCUT2D eigenvalue weighted by Crippen LogP contribution is 2.23. The number of nitrogens with zero attached hydrogens (tertiary/aromatic N) is 1. The minimum Gasteiger partial charge on any atom is -0.497 e. The number of piperidine rings is 1. The average molecular weight is 427 g/mol. The zero-order valence-corrected chi connectivity index (χ0v) is 18.6. The van der Waals surface area contributed by atoms with Crippen LogP contribution in [0, 0.1) is 0 Å². The second-order valence-corrected chi connectivity index (χ2v) is 8.19. The molecule has 1 saturated heterocycles. The summed E-state index contributed by atoms with van der Waals surface area (Å²) in [5.41, 5.74) is 4.52. The Kier molecular flexibility index (Phi) is 7.36. The molecule has 0 bridgehead atoms. The molecule has 0 unspecified atom stereocenters. The van der Waals surface area contributed by atoms with Crippen molar-refractivity contribution in [3.63, 3.8) is 0 Å². The van der Waals surface area contributed by atoms with Crippen LogP contribution in [-0.4, -0.2) is 31.0 Å². The molecule has 0 spiro atoms. The van der Waals surface area contributed by atoms with E-state index in [1.54, 1.807) is 7.11 Å². The standard InChI is InChI=1S/C28H30N2O2/c1-32-26-16-12-22(13-17-26)20-27(24-8-4-2-5-9-24)28(31)29-25-14-10-23(11-15-25)21-30-18-6-3-7-19-30/h2,4-5,8-17,20H,3,6-7,18-19,21H2,1H3,(H,29,31)/b27-20+. The van der Waals surface area contributed by atoms with E-state index in [2.05, 4.69) is 22.3 Å². The van der Waals surface area contributed by atoms with E-state index in [1.165, 1.54) is 37.9 Å². The minimum atomic E-state index is -0.129. The highest BCUT2D eigenvalue weighted by Gasteiger charge is 2.14. The zero-order chi connectivity index (χ0) is 22.2. The lowest BCUT2D eigenvalue weighted by Crippen LogP contribution is -2.29. The predicted molar refractivity (Wildman–Crippen MR) is 132 cm³/mol. The van der Waals surface area contributed by atoms with Crippen molar-refractivity contribution in [3.8, 4) is 5.75 Å². The van der Waals surface area contributed by atoms with Gasteiger partial charge < -0.3 is 10.1 Å². The number of methoxy groups -OCH3 is 1. The number of amides is 1. The molecule has 3 aromatic rings. The van der Waals surface area contributed by atoms with Gasteiger partial charge in [-0.15, -0.1) is 0 Å². The Morgan fingerprint density at radius 2 is 1.59 bits per heavy atom. The van der Waals surface area contributed by atoms with E-state index in [1.807, 2.05) is 72.8 Å². The van der Waals surface area contributed by atoms with Gasteiger partial charge in [0.25, 0.3) is 5.91 Å². The van der Waals surface area contributed by atoms with Gasteiger partial charge in [0.2, 0.25) is 0 Å². The molecule has 164 valence electrons. The molecule has 0 aromatic heterocycles. The van der Waals surface area contributed by atoms with E-state index in [0.717, 1.165) is 29.1 Å². The molecule has 1 N–H and O–H groups in total. The summed E-state index contributed by atoms with van der Waals surface area (Å²) >= 11 is 0. The summed E-state index contributed by atoms with van der Waals surface area (Å²) in [6, 6.07) is 25.6. The van der Waals surface area contributed by atoms with E-state index in [9.17, 15) is 4.79 Å². The van der Waals surface area contributed by atoms with Crippen LogP contribution in [0.3, 0.4) is 0 Å². The summed E-state index contributed by atoms with van der Waals surface area (Å²) in [5.74, 6) is 0.660. The first kappa shape index (κ1) is 21.8. The predicted octanol–water partition coefficient (Wildman–Crippen LogP) is 5.86. The van der Waals surface area contributed by atoms with Crippen LogP contribution in [0.5, 0.6) is 5.75 Å². The Morgan fingerprint density at radius 1 is 0.906 bits per heavy atom. The van der Waals surface area contributed by atoms with Crippen LogP contribution in [0.25, 0.3) is 11.6 Å². The van der Waals surface area contributed by atoms with Crippen LogP contribution in [0.1, 0.15) is 36.0 Å². The molecule has 4 rings (SSSR count). The SMILES string of the molecule is COc1ccc(/C=C(/C(=O)Nc2ccc(CN3CCCCC3)cc2)c2ccccc2)cc1. The lowest BCUT2D eigenvalue weighted by atomic mass is 10.0. The normalized spacial score (nSPS) is 14.7. The number of hydrogen-bond acceptors (Lipinski definition) is 3. The quantitative estimate of drug-likeness (QED) is 0.380. The molecule has 4 heteroatoms. The second-order valence-electron chi connectivity index (χ2n) is 8.19. The second kappa shape index (κ2) is 10.8. The van der Waals surface area contributed by atoms with Crippen molar-refractivity contribution in [2.75, 3.05) is 25.5 Å². The maximum absolute atomic E-state index is 13.2. The van der Waals surface area contributed by atoms with Crippen LogP contribution >= 0.6 is 0 Å². The van der Waals surface area contributed by atoms with E-state index in [-0.39, 0.29) is 5.91 Å². The molecule has 1 fully saturated rings. The molecule has 0 aliphatic carbocycles. The molecule has 0 atom stereocenters. The number of benzene rings is 3. The van der Waals surface area contributed by atoms with Crippen LogP contribution in [-0.2, 0) is 11.3 Å². The molecule has 0 radical (unpaired) electrons. The van der Waals surface area contributed by atoms with Crippen LogP contribution in [0.15, 0.2) is 78.9 Å². The molecule has 3 aromatic carbocycles. The number of ether oxygens (including phenoxy) is 1. The van der Waals surface area contributed by atoms with Crippen molar-refractivity contribution < 1.29 is 9.53 Å². The number of anilines is 1. The third kappa shape index (κ3) is 5.86. The van der Waals surface area contributed by atoms with Gasteiger partial charge in [-0.3, -0.25) is 9.69 Å². The molecule has 1 aliphatic heterocycles. The number of nitrogens with one attached hydrogen (secondary N) is 1. The number of likely N-dealkylation sites (tertiary alicyclic amines) is 1. The fourth-order valence-electron chi connectivity index (χ4n) is 4.03. The Morgan fingerprint density at radius 3 is 2.25 bits per heavy atom. The third-order valence-electron chi connectivity index (χ3n) is 5.82. The Labute approximate surface area is 190 Å². The average Bonchev–Trinajstić information content (AvgIpc) is 2.85. The minimum absolute atomic E-state index is 0.129. The van der Waals surface area contributed by atoms with Crippen molar-refractivity contribution in [2.45, 2.75) is 25.8 Å². The van der Waals surface area contributed by atoms with Crippen LogP contribution < -0.4 is 10.1 Å². The lowest BCUT2D eigenvalue weighted by Gasteiger charge is -2.26. The molecular formula is C28H30N2O2. The van der Waals surface area contributed by atoms with Gasteiger partial charge in [-0.2, -0.15) is 0 Å². The molecule has 32 heavy (non-hydrogen) atoms. The number of carbonyl (C=O) groups excluding carboxylic acids is 1. The molecule has 4 nitrogen and oxygen atoms in total. The number of hydrogen-bond donors (Lipinski definition) is 1. The first-order chi connectivity index (χ1) is 15.7. The van der Waals surface area contributed by atoms with Crippen molar-refractivity contribution in [3.05, 3.63) is 95.6 Å². The fourth-order valence-corrected chi connectivity index (χ4v) is 4.03. The zero-order valence-electron chi connectivity index (χ0n) is 18.6. The molecule has 0 saturated carbocycles. The summed E-state index contributed by atoms with van der Waals surface area (Å²) in [5, 5.41) is 3.07. The van der Waals surface area contributed by atoms with Gasteiger partial charge in [-0.1, -0.05) is 61.0 Å². The van der Waals surface area contributed by atoms with E-state index in [0.29, 0.717) is 5.57 Å². The van der Waals surface area contributed by atoms with E-state index in [4.69, 9.17) is 4.74 Å². The van der Waals surface area contributed by atoms with Crippen molar-refractivity contribution in [1.29, 1.82) is 0 Å². The van der Waals surface area contributed by atoms with E-state index >= 15 is 0 Å². The van der Waals surface area contributed by atoms with E-state index < -0.39 is 0 Å². The molecule has 1 amide bonds. The summed E-state index contributed by atoms with van der Waals surface area (Å²) in [7, 11) is 1.64. The highest BCUT2D eigenvalue weighted by atomic mass is 16.5.